The van der Waals surface area contributed by atoms with Crippen molar-refractivity contribution in [2.75, 3.05) is 6.61 Å². The van der Waals surface area contributed by atoms with Crippen molar-refractivity contribution in [2.45, 2.75) is 13.8 Å². The van der Waals surface area contributed by atoms with Crippen LogP contribution in [0.2, 0.25) is 0 Å². The van der Waals surface area contributed by atoms with E-state index >= 15 is 0 Å². The average molecular weight is 129 g/mol. The Balaban J connectivity index is 3.27. The second-order valence-corrected chi connectivity index (χ2v) is 1.36. The van der Waals surface area contributed by atoms with Gasteiger partial charge in [-0.25, -0.2) is 4.79 Å². The number of ether oxygens (including phenoxy) is 1. The van der Waals surface area contributed by atoms with Crippen molar-refractivity contribution >= 4 is 6.09 Å². The number of carbonyl (C=O) groups is 1. The van der Waals surface area contributed by atoms with E-state index in [9.17, 15) is 4.79 Å². The third kappa shape index (κ3) is 4.87. The van der Waals surface area contributed by atoms with Gasteiger partial charge in [-0.3, -0.25) is 5.32 Å². The van der Waals surface area contributed by atoms with Crippen molar-refractivity contribution in [1.29, 1.82) is 0 Å². The lowest BCUT2D eigenvalue weighted by Gasteiger charge is -1.97. The van der Waals surface area contributed by atoms with Crippen molar-refractivity contribution in [1.82, 2.24) is 5.32 Å². The second-order valence-electron chi connectivity index (χ2n) is 1.36. The summed E-state index contributed by atoms with van der Waals surface area (Å²) in [5.74, 6) is 0. The molecule has 0 heterocycles. The molecule has 0 aromatic heterocycles. The zero-order chi connectivity index (χ0) is 7.11. The fourth-order valence-electron chi connectivity index (χ4n) is 0.324. The van der Waals surface area contributed by atoms with E-state index in [0.29, 0.717) is 6.61 Å². The zero-order valence-electron chi connectivity index (χ0n) is 5.68. The van der Waals surface area contributed by atoms with E-state index in [0.717, 1.165) is 0 Å². The zero-order valence-corrected chi connectivity index (χ0v) is 5.68. The first-order valence-electron chi connectivity index (χ1n) is 2.85. The molecule has 0 aliphatic heterocycles. The Labute approximate surface area is 54.7 Å². The van der Waals surface area contributed by atoms with E-state index in [-0.39, 0.29) is 0 Å². The van der Waals surface area contributed by atoms with Gasteiger partial charge in [-0.05, 0) is 13.8 Å². The molecule has 0 saturated carbocycles. The molecule has 0 aliphatic rings. The van der Waals surface area contributed by atoms with Gasteiger partial charge in [-0.15, -0.1) is 0 Å². The van der Waals surface area contributed by atoms with Crippen LogP contribution in [0.1, 0.15) is 13.8 Å². The van der Waals surface area contributed by atoms with Gasteiger partial charge in [0, 0.05) is 6.20 Å². The minimum atomic E-state index is -0.407. The lowest BCUT2D eigenvalue weighted by molar-refractivity contribution is 0.156. The first-order chi connectivity index (χ1) is 4.31. The molecule has 3 nitrogen and oxygen atoms in total. The van der Waals surface area contributed by atoms with E-state index in [2.05, 4.69) is 10.1 Å². The molecule has 0 aromatic rings. The van der Waals surface area contributed by atoms with Gasteiger partial charge in [0.05, 0.1) is 6.61 Å². The molecular formula is C6H11NO2. The summed E-state index contributed by atoms with van der Waals surface area (Å²) in [6.07, 6.45) is 2.84. The van der Waals surface area contributed by atoms with Crippen LogP contribution in [0.5, 0.6) is 0 Å². The number of rotatable bonds is 2. The number of nitrogens with one attached hydrogen (secondary N) is 1. The summed E-state index contributed by atoms with van der Waals surface area (Å²) in [7, 11) is 0. The van der Waals surface area contributed by atoms with E-state index in [4.69, 9.17) is 0 Å². The summed E-state index contributed by atoms with van der Waals surface area (Å²) < 4.78 is 4.54. The third-order valence-electron chi connectivity index (χ3n) is 0.643. The van der Waals surface area contributed by atoms with E-state index in [1.807, 2.05) is 6.92 Å². The van der Waals surface area contributed by atoms with Crippen LogP contribution in [0.3, 0.4) is 0 Å². The molecule has 0 saturated heterocycles. The Bertz CT molecular complexity index is 110. The second kappa shape index (κ2) is 5.15. The minimum Gasteiger partial charge on any atom is -0.450 e. The first kappa shape index (κ1) is 8.01. The molecule has 1 N–H and O–H groups in total. The number of carbonyl (C=O) groups excluding carboxylic acids is 1. The van der Waals surface area contributed by atoms with E-state index in [1.54, 1.807) is 13.0 Å². The molecule has 0 unspecified atom stereocenters. The summed E-state index contributed by atoms with van der Waals surface area (Å²) in [6, 6.07) is 0. The molecule has 0 spiro atoms. The topological polar surface area (TPSA) is 38.3 Å². The monoisotopic (exact) mass is 129 g/mol. The number of allylic oxidation sites excluding steroid dienone is 1. The maximum absolute atomic E-state index is 10.4. The van der Waals surface area contributed by atoms with Gasteiger partial charge in [-0.2, -0.15) is 0 Å². The Morgan fingerprint density at radius 2 is 2.44 bits per heavy atom. The van der Waals surface area contributed by atoms with Crippen LogP contribution < -0.4 is 5.32 Å². The van der Waals surface area contributed by atoms with Crippen LogP contribution in [0, 0.1) is 0 Å². The van der Waals surface area contributed by atoms with E-state index in [1.165, 1.54) is 6.20 Å². The minimum absolute atomic E-state index is 0.406. The fraction of sp³-hybridized carbons (Fsp3) is 0.500. The fourth-order valence-corrected chi connectivity index (χ4v) is 0.324. The van der Waals surface area contributed by atoms with Crippen molar-refractivity contribution in [3.05, 3.63) is 12.3 Å². The van der Waals surface area contributed by atoms with Gasteiger partial charge in [0.15, 0.2) is 0 Å². The van der Waals surface area contributed by atoms with E-state index < -0.39 is 6.09 Å². The summed E-state index contributed by atoms with van der Waals surface area (Å²) in [6.45, 7) is 3.98. The van der Waals surface area contributed by atoms with Crippen LogP contribution in [0.25, 0.3) is 0 Å². The Morgan fingerprint density at radius 3 is 2.89 bits per heavy atom. The van der Waals surface area contributed by atoms with Gasteiger partial charge in [0.25, 0.3) is 0 Å². The smallest absolute Gasteiger partial charge is 0.411 e. The molecule has 0 aliphatic carbocycles. The molecule has 9 heavy (non-hydrogen) atoms. The quantitative estimate of drug-likeness (QED) is 0.609. The molecule has 1 amide bonds. The maximum Gasteiger partial charge on any atom is 0.411 e. The summed E-state index contributed by atoms with van der Waals surface area (Å²) in [4.78, 5) is 10.4. The lowest BCUT2D eigenvalue weighted by atomic mass is 10.7. The van der Waals surface area contributed by atoms with Crippen molar-refractivity contribution in [3.63, 3.8) is 0 Å². The van der Waals surface area contributed by atoms with Gasteiger partial charge in [-0.1, -0.05) is 6.08 Å². The van der Waals surface area contributed by atoms with Crippen LogP contribution in [-0.2, 0) is 4.74 Å². The molecular weight excluding hydrogens is 118 g/mol. The number of hydrogen-bond donors (Lipinski definition) is 1. The Hall–Kier alpha value is -0.990. The summed E-state index contributed by atoms with van der Waals surface area (Å²) in [5.41, 5.74) is 0. The molecule has 0 aromatic carbocycles. The molecule has 0 fully saturated rings. The van der Waals surface area contributed by atoms with Crippen LogP contribution >= 0.6 is 0 Å². The average Bonchev–Trinajstić information content (AvgIpc) is 1.85. The summed E-state index contributed by atoms with van der Waals surface area (Å²) in [5, 5.41) is 2.39. The van der Waals surface area contributed by atoms with Crippen molar-refractivity contribution in [2.24, 2.45) is 0 Å². The third-order valence-corrected chi connectivity index (χ3v) is 0.643. The largest absolute Gasteiger partial charge is 0.450 e. The Morgan fingerprint density at radius 1 is 1.78 bits per heavy atom. The lowest BCUT2D eigenvalue weighted by Crippen LogP contribution is -2.17. The predicted molar refractivity (Wildman–Crippen MR) is 35.0 cm³/mol. The van der Waals surface area contributed by atoms with Crippen LogP contribution in [-0.4, -0.2) is 12.7 Å². The molecule has 0 atom stereocenters. The molecule has 0 radical (unpaired) electrons. The van der Waals surface area contributed by atoms with Crippen LogP contribution in [0.4, 0.5) is 4.79 Å². The Kier molecular flexibility index (Phi) is 4.59. The highest BCUT2D eigenvalue weighted by atomic mass is 16.5. The first-order valence-corrected chi connectivity index (χ1v) is 2.85. The number of alkyl carbamates (subject to hydrolysis) is 1. The maximum atomic E-state index is 10.4. The van der Waals surface area contributed by atoms with Gasteiger partial charge in [0.2, 0.25) is 0 Å². The number of amides is 1. The summed E-state index contributed by atoms with van der Waals surface area (Å²) >= 11 is 0. The van der Waals surface area contributed by atoms with Crippen LogP contribution in [0.15, 0.2) is 12.3 Å². The predicted octanol–water partition coefficient (Wildman–Crippen LogP) is 1.27. The standard InChI is InChI=1S/C6H11NO2/c1-3-5-7-6(8)9-4-2/h3,5H,4H2,1-2H3,(H,7,8)/b5-3-. The van der Waals surface area contributed by atoms with Crippen molar-refractivity contribution < 1.29 is 9.53 Å². The highest BCUT2D eigenvalue weighted by Crippen LogP contribution is 1.74. The molecule has 52 valence electrons. The molecule has 3 heteroatoms. The normalized spacial score (nSPS) is 9.56. The highest BCUT2D eigenvalue weighted by molar-refractivity contribution is 5.68. The van der Waals surface area contributed by atoms with Gasteiger partial charge >= 0.3 is 6.09 Å². The number of hydrogen-bond acceptors (Lipinski definition) is 2. The highest BCUT2D eigenvalue weighted by Gasteiger charge is 1.91. The van der Waals surface area contributed by atoms with Gasteiger partial charge < -0.3 is 4.74 Å². The molecule has 0 bridgehead atoms. The van der Waals surface area contributed by atoms with Crippen molar-refractivity contribution in [3.8, 4) is 0 Å². The van der Waals surface area contributed by atoms with Gasteiger partial charge in [0.1, 0.15) is 0 Å². The SMILES string of the molecule is C/C=C\NC(=O)OCC. The molecule has 0 rings (SSSR count).